The summed E-state index contributed by atoms with van der Waals surface area (Å²) >= 11 is 3.36. The van der Waals surface area contributed by atoms with Crippen molar-refractivity contribution in [1.29, 1.82) is 0 Å². The second-order valence-electron chi connectivity index (χ2n) is 4.88. The molecule has 5 nitrogen and oxygen atoms in total. The van der Waals surface area contributed by atoms with Gasteiger partial charge in [-0.3, -0.25) is 4.99 Å². The molecule has 0 atom stereocenters. The number of benzene rings is 2. The van der Waals surface area contributed by atoms with E-state index in [9.17, 15) is 10.2 Å². The van der Waals surface area contributed by atoms with Crippen LogP contribution in [0.2, 0.25) is 0 Å². The fourth-order valence-corrected chi connectivity index (χ4v) is 2.61. The number of phenols is 1. The normalized spacial score (nSPS) is 11.6. The zero-order chi connectivity index (χ0) is 15.7. The van der Waals surface area contributed by atoms with Gasteiger partial charge in [-0.1, -0.05) is 15.9 Å². The molecule has 0 aliphatic heterocycles. The van der Waals surface area contributed by atoms with Crippen molar-refractivity contribution < 1.29 is 10.2 Å². The lowest BCUT2D eigenvalue weighted by Gasteiger charge is -2.00. The number of aliphatic imine (C=N–C) groups is 1. The van der Waals surface area contributed by atoms with Crippen LogP contribution in [0.1, 0.15) is 11.4 Å². The lowest BCUT2D eigenvalue weighted by atomic mass is 10.2. The first-order valence-electron chi connectivity index (χ1n) is 6.67. The first-order chi connectivity index (χ1) is 10.6. The number of aromatic hydroxyl groups is 1. The van der Waals surface area contributed by atoms with Crippen LogP contribution in [0.3, 0.4) is 0 Å². The van der Waals surface area contributed by atoms with Gasteiger partial charge in [-0.15, -0.1) is 0 Å². The number of hydrogen-bond acceptors (Lipinski definition) is 4. The van der Waals surface area contributed by atoms with Gasteiger partial charge in [-0.25, -0.2) is 4.98 Å². The minimum atomic E-state index is -0.101. The van der Waals surface area contributed by atoms with E-state index in [-0.39, 0.29) is 12.4 Å². The number of fused-ring (bicyclic) bond motifs is 1. The molecule has 0 radical (unpaired) electrons. The van der Waals surface area contributed by atoms with Gasteiger partial charge in [-0.2, -0.15) is 0 Å². The van der Waals surface area contributed by atoms with Gasteiger partial charge < -0.3 is 14.8 Å². The summed E-state index contributed by atoms with van der Waals surface area (Å²) in [4.78, 5) is 8.74. The Hall–Kier alpha value is -2.18. The number of phenolic OH excluding ortho intramolecular Hbond substituents is 1. The highest BCUT2D eigenvalue weighted by Gasteiger charge is 2.07. The maximum absolute atomic E-state index is 9.80. The largest absolute Gasteiger partial charge is 0.507 e. The standard InChI is InChI=1S/C16H14BrN3O2/c1-20-14-4-3-12(7-13(14)19-16(20)9-21)18-8-10-6-11(17)2-5-15(10)22/h2-8,21-22H,9H2,1H3. The van der Waals surface area contributed by atoms with E-state index >= 15 is 0 Å². The average Bonchev–Trinajstić information content (AvgIpc) is 2.84. The number of aliphatic hydroxyl groups is 1. The molecule has 22 heavy (non-hydrogen) atoms. The SMILES string of the molecule is Cn1c(CO)nc2cc(N=Cc3cc(Br)ccc3O)ccc21. The summed E-state index contributed by atoms with van der Waals surface area (Å²) in [5.41, 5.74) is 3.08. The summed E-state index contributed by atoms with van der Waals surface area (Å²) in [6.45, 7) is -0.101. The molecule has 0 aliphatic rings. The van der Waals surface area contributed by atoms with Gasteiger partial charge in [0.2, 0.25) is 0 Å². The predicted octanol–water partition coefficient (Wildman–Crippen LogP) is 3.28. The summed E-state index contributed by atoms with van der Waals surface area (Å²) in [5.74, 6) is 0.786. The number of hydrogen-bond donors (Lipinski definition) is 2. The summed E-state index contributed by atoms with van der Waals surface area (Å²) in [6, 6.07) is 10.8. The van der Waals surface area contributed by atoms with E-state index in [4.69, 9.17) is 0 Å². The maximum Gasteiger partial charge on any atom is 0.135 e. The van der Waals surface area contributed by atoms with Crippen molar-refractivity contribution in [3.63, 3.8) is 0 Å². The first kappa shape index (κ1) is 14.7. The number of rotatable bonds is 3. The summed E-state index contributed by atoms with van der Waals surface area (Å²) in [7, 11) is 1.86. The molecule has 3 rings (SSSR count). The van der Waals surface area contributed by atoms with Crippen LogP contribution in [0.15, 0.2) is 45.9 Å². The van der Waals surface area contributed by atoms with E-state index in [1.54, 1.807) is 24.4 Å². The Morgan fingerprint density at radius 1 is 1.27 bits per heavy atom. The third-order valence-corrected chi connectivity index (χ3v) is 3.93. The molecule has 0 amide bonds. The van der Waals surface area contributed by atoms with Crippen LogP contribution in [0.4, 0.5) is 5.69 Å². The Kier molecular flexibility index (Phi) is 3.96. The molecule has 0 bridgehead atoms. The Labute approximate surface area is 135 Å². The van der Waals surface area contributed by atoms with Crippen molar-refractivity contribution in [2.24, 2.45) is 12.0 Å². The molecular formula is C16H14BrN3O2. The fourth-order valence-electron chi connectivity index (χ4n) is 2.23. The van der Waals surface area contributed by atoms with Gasteiger partial charge in [0.05, 0.1) is 16.7 Å². The highest BCUT2D eigenvalue weighted by molar-refractivity contribution is 9.10. The molecule has 6 heteroatoms. The van der Waals surface area contributed by atoms with Crippen molar-refractivity contribution in [3.8, 4) is 5.75 Å². The van der Waals surface area contributed by atoms with Crippen LogP contribution in [0.5, 0.6) is 5.75 Å². The minimum absolute atomic E-state index is 0.101. The Morgan fingerprint density at radius 2 is 2.09 bits per heavy atom. The number of aryl methyl sites for hydroxylation is 1. The number of imidazole rings is 1. The monoisotopic (exact) mass is 359 g/mol. The summed E-state index contributed by atoms with van der Waals surface area (Å²) in [5, 5.41) is 19.1. The molecule has 0 fully saturated rings. The first-order valence-corrected chi connectivity index (χ1v) is 7.46. The topological polar surface area (TPSA) is 70.6 Å². The Bertz CT molecular complexity index is 871. The van der Waals surface area contributed by atoms with E-state index in [0.717, 1.165) is 21.2 Å². The molecule has 2 N–H and O–H groups in total. The molecule has 1 heterocycles. The van der Waals surface area contributed by atoms with Crippen LogP contribution in [0.25, 0.3) is 11.0 Å². The second kappa shape index (κ2) is 5.90. The van der Waals surface area contributed by atoms with Crippen LogP contribution in [0, 0.1) is 0 Å². The molecule has 2 aromatic carbocycles. The zero-order valence-corrected chi connectivity index (χ0v) is 13.4. The molecule has 112 valence electrons. The highest BCUT2D eigenvalue weighted by Crippen LogP contribution is 2.24. The van der Waals surface area contributed by atoms with Gasteiger partial charge in [0, 0.05) is 23.3 Å². The van der Waals surface area contributed by atoms with E-state index in [0.29, 0.717) is 11.4 Å². The molecular weight excluding hydrogens is 346 g/mol. The van der Waals surface area contributed by atoms with E-state index in [1.807, 2.05) is 29.8 Å². The minimum Gasteiger partial charge on any atom is -0.507 e. The number of nitrogens with zero attached hydrogens (tertiary/aromatic N) is 3. The van der Waals surface area contributed by atoms with Gasteiger partial charge in [-0.05, 0) is 36.4 Å². The zero-order valence-electron chi connectivity index (χ0n) is 11.9. The van der Waals surface area contributed by atoms with Crippen LogP contribution >= 0.6 is 15.9 Å². The van der Waals surface area contributed by atoms with Crippen LogP contribution in [-0.4, -0.2) is 26.0 Å². The number of aromatic nitrogens is 2. The lowest BCUT2D eigenvalue weighted by Crippen LogP contribution is -1.96. The number of aliphatic hydroxyl groups excluding tert-OH is 1. The molecule has 0 saturated heterocycles. The van der Waals surface area contributed by atoms with Gasteiger partial charge in [0.25, 0.3) is 0 Å². The van der Waals surface area contributed by atoms with E-state index in [2.05, 4.69) is 25.9 Å². The van der Waals surface area contributed by atoms with Crippen LogP contribution in [-0.2, 0) is 13.7 Å². The van der Waals surface area contributed by atoms with Crippen molar-refractivity contribution >= 4 is 38.9 Å². The lowest BCUT2D eigenvalue weighted by molar-refractivity contribution is 0.268. The average molecular weight is 360 g/mol. The fraction of sp³-hybridized carbons (Fsp3) is 0.125. The third-order valence-electron chi connectivity index (χ3n) is 3.44. The maximum atomic E-state index is 9.80. The van der Waals surface area contributed by atoms with Crippen molar-refractivity contribution in [2.75, 3.05) is 0 Å². The molecule has 1 aromatic heterocycles. The summed E-state index contributed by atoms with van der Waals surface area (Å²) in [6.07, 6.45) is 1.61. The Morgan fingerprint density at radius 3 is 2.86 bits per heavy atom. The molecule has 0 aliphatic carbocycles. The second-order valence-corrected chi connectivity index (χ2v) is 5.80. The van der Waals surface area contributed by atoms with Gasteiger partial charge in [0.15, 0.2) is 0 Å². The molecule has 0 saturated carbocycles. The summed E-state index contributed by atoms with van der Waals surface area (Å²) < 4.78 is 2.72. The number of halogens is 1. The highest BCUT2D eigenvalue weighted by atomic mass is 79.9. The smallest absolute Gasteiger partial charge is 0.135 e. The predicted molar refractivity (Wildman–Crippen MR) is 89.7 cm³/mol. The molecule has 0 unspecified atom stereocenters. The van der Waals surface area contributed by atoms with Gasteiger partial charge in [0.1, 0.15) is 18.2 Å². The van der Waals surface area contributed by atoms with E-state index < -0.39 is 0 Å². The molecule has 3 aromatic rings. The van der Waals surface area contributed by atoms with Crippen molar-refractivity contribution in [3.05, 3.63) is 52.3 Å². The van der Waals surface area contributed by atoms with E-state index in [1.165, 1.54) is 0 Å². The van der Waals surface area contributed by atoms with Crippen molar-refractivity contribution in [2.45, 2.75) is 6.61 Å². The van der Waals surface area contributed by atoms with Gasteiger partial charge >= 0.3 is 0 Å². The van der Waals surface area contributed by atoms with Crippen LogP contribution < -0.4 is 0 Å². The van der Waals surface area contributed by atoms with Crippen molar-refractivity contribution in [1.82, 2.24) is 9.55 Å². The quantitative estimate of drug-likeness (QED) is 0.705. The third kappa shape index (κ3) is 2.75. The Balaban J connectivity index is 1.97. The molecule has 0 spiro atoms.